The van der Waals surface area contributed by atoms with Crippen molar-refractivity contribution in [3.8, 4) is 0 Å². The standard InChI is InChI=1S/C96H181N2O21P/c1-7-13-19-25-31-37-40-46-52-58-64-70-85(102)113-78(67-61-55-49-43-34-28-22-16-10-4)73-83(100)97-89-92(107)91(106)82(116-95(89)108)77-112-96-90(98-84(101)74-79(68-62-56-50-44-35-29-23-17-11-5)114-86(103)71-65-59-53-47-41-38-32-26-20-14-8-2)94(93(81(76-99)117-96)119-120(109,110)111)118-88(105)75-80(69-63-57-51-45-36-30-24-18-12-6)115-87(104)72-66-60-54-48-42-39-33-27-21-15-9-3/h78-82,89-96,99,106-108H,7-77H2,1-6H3,(H,97,100)(H,98,101)(H2,109,110,111)/t78-,79-,80-,81-,82-,89-,90-,91-,92-,93-,94-,95+,96-/m1/s1. The zero-order valence-electron chi connectivity index (χ0n) is 77.0. The number of carbonyl (C=O) groups is 6. The summed E-state index contributed by atoms with van der Waals surface area (Å²) in [7, 11) is -5.58. The van der Waals surface area contributed by atoms with Crippen molar-refractivity contribution >= 4 is 43.5 Å². The number of rotatable bonds is 84. The van der Waals surface area contributed by atoms with E-state index in [0.29, 0.717) is 51.4 Å². The Morgan fingerprint density at radius 3 is 0.900 bits per heavy atom. The number of esters is 4. The van der Waals surface area contributed by atoms with Crippen molar-refractivity contribution in [2.24, 2.45) is 0 Å². The van der Waals surface area contributed by atoms with E-state index < -0.39 is 149 Å². The number of phosphoric acid groups is 1. The molecular weight excluding hydrogens is 1550 g/mol. The molecule has 2 aliphatic heterocycles. The van der Waals surface area contributed by atoms with Gasteiger partial charge in [0.05, 0.1) is 32.5 Å². The molecule has 8 N–H and O–H groups in total. The fourth-order valence-electron chi connectivity index (χ4n) is 16.7. The van der Waals surface area contributed by atoms with E-state index in [2.05, 4.69) is 52.2 Å². The Morgan fingerprint density at radius 2 is 0.608 bits per heavy atom. The topological polar surface area (TPSA) is 339 Å². The van der Waals surface area contributed by atoms with E-state index in [1.807, 2.05) is 0 Å². The normalized spacial score (nSPS) is 20.2. The Hall–Kier alpha value is -3.35. The number of amides is 2. The summed E-state index contributed by atoms with van der Waals surface area (Å²) in [6.07, 6.45) is 46.7. The number of phosphoric ester groups is 1. The number of aliphatic hydroxyl groups is 4. The second kappa shape index (κ2) is 76.8. The third-order valence-electron chi connectivity index (χ3n) is 24.1. The molecule has 23 nitrogen and oxygen atoms in total. The zero-order valence-corrected chi connectivity index (χ0v) is 77.9. The highest BCUT2D eigenvalue weighted by molar-refractivity contribution is 7.46. The summed E-state index contributed by atoms with van der Waals surface area (Å²) in [5, 5.41) is 51.8. The number of hydrogen-bond donors (Lipinski definition) is 8. The molecule has 2 saturated heterocycles. The molecule has 2 heterocycles. The van der Waals surface area contributed by atoms with Crippen LogP contribution in [0, 0.1) is 0 Å². The zero-order chi connectivity index (χ0) is 87.7. The molecule has 2 fully saturated rings. The highest BCUT2D eigenvalue weighted by Crippen LogP contribution is 2.43. The van der Waals surface area contributed by atoms with Crippen LogP contribution in [0.2, 0.25) is 0 Å². The van der Waals surface area contributed by atoms with Crippen molar-refractivity contribution in [1.29, 1.82) is 0 Å². The maximum absolute atomic E-state index is 15.0. The van der Waals surface area contributed by atoms with Gasteiger partial charge in [0, 0.05) is 19.3 Å². The second-order valence-corrected chi connectivity index (χ2v) is 36.7. The van der Waals surface area contributed by atoms with Gasteiger partial charge in [0.15, 0.2) is 18.7 Å². The van der Waals surface area contributed by atoms with E-state index in [9.17, 15) is 58.8 Å². The van der Waals surface area contributed by atoms with E-state index in [4.69, 9.17) is 37.7 Å². The third kappa shape index (κ3) is 60.3. The van der Waals surface area contributed by atoms with Crippen LogP contribution in [-0.4, -0.2) is 159 Å². The van der Waals surface area contributed by atoms with Crippen LogP contribution in [-0.2, 0) is 71.0 Å². The highest BCUT2D eigenvalue weighted by Gasteiger charge is 2.53. The van der Waals surface area contributed by atoms with Gasteiger partial charge in [-0.05, 0) is 57.8 Å². The van der Waals surface area contributed by atoms with Gasteiger partial charge in [-0.1, -0.05) is 388 Å². The molecule has 0 unspecified atom stereocenters. The molecule has 0 aliphatic carbocycles. The molecule has 2 amide bonds. The monoisotopic (exact) mass is 1730 g/mol. The lowest BCUT2D eigenvalue weighted by molar-refractivity contribution is -0.297. The van der Waals surface area contributed by atoms with Crippen molar-refractivity contribution in [2.45, 2.75) is 564 Å². The average Bonchev–Trinajstić information content (AvgIpc) is 0.774. The second-order valence-electron chi connectivity index (χ2n) is 35.5. The van der Waals surface area contributed by atoms with Crippen LogP contribution in [0.3, 0.4) is 0 Å². The van der Waals surface area contributed by atoms with Crippen LogP contribution < -0.4 is 10.6 Å². The van der Waals surface area contributed by atoms with Gasteiger partial charge >= 0.3 is 31.7 Å². The lowest BCUT2D eigenvalue weighted by Crippen LogP contribution is -2.67. The molecule has 0 saturated carbocycles. The van der Waals surface area contributed by atoms with E-state index in [-0.39, 0.29) is 32.1 Å². The van der Waals surface area contributed by atoms with Crippen LogP contribution in [0.25, 0.3) is 0 Å². The molecule has 0 bridgehead atoms. The van der Waals surface area contributed by atoms with Gasteiger partial charge in [-0.25, -0.2) is 4.57 Å². The van der Waals surface area contributed by atoms with Crippen molar-refractivity contribution in [3.63, 3.8) is 0 Å². The Kier molecular flexibility index (Phi) is 72.2. The van der Waals surface area contributed by atoms with Gasteiger partial charge in [0.1, 0.15) is 60.9 Å². The van der Waals surface area contributed by atoms with Crippen molar-refractivity contribution in [2.75, 3.05) is 13.2 Å². The molecule has 0 aromatic heterocycles. The Morgan fingerprint density at radius 1 is 0.333 bits per heavy atom. The van der Waals surface area contributed by atoms with Gasteiger partial charge < -0.3 is 74.0 Å². The summed E-state index contributed by atoms with van der Waals surface area (Å²) in [5.41, 5.74) is 0. The molecule has 2 rings (SSSR count). The molecular formula is C96H181N2O21P. The lowest BCUT2D eigenvalue weighted by atomic mass is 9.95. The maximum Gasteiger partial charge on any atom is 0.470 e. The molecule has 0 aromatic rings. The van der Waals surface area contributed by atoms with Crippen LogP contribution in [0.4, 0.5) is 0 Å². The number of aliphatic hydroxyl groups excluding tert-OH is 4. The summed E-state index contributed by atoms with van der Waals surface area (Å²) in [5.74, 6) is -3.84. The first-order chi connectivity index (χ1) is 58.2. The fourth-order valence-corrected chi connectivity index (χ4v) is 17.3. The smallest absolute Gasteiger partial charge is 0.462 e. The first-order valence-corrected chi connectivity index (χ1v) is 51.4. The Balaban J connectivity index is 2.58. The van der Waals surface area contributed by atoms with Crippen LogP contribution in [0.5, 0.6) is 0 Å². The summed E-state index contributed by atoms with van der Waals surface area (Å²) >= 11 is 0. The minimum absolute atomic E-state index is 0.124. The molecule has 2 aliphatic rings. The maximum atomic E-state index is 15.0. The SMILES string of the molecule is CCCCCCCCCCCCCC(=O)O[C@H](CCCCCCCCCCC)CC(=O)N[C@@H]1[C@@H](O)[C@H](O)[C@@H](CO[C@@H]2O[C@H](CO)[C@@H](OP(=O)(O)O)[C@H](OC(=O)C[C@@H](CCCCCCCCCCC)OC(=O)CCCCCCCCCCCCC)[C@H]2NC(=O)C[C@@H](CCCCCCCCCCC)OC(=O)CCCCCCCCCCCCC)O[C@@H]1O. The van der Waals surface area contributed by atoms with Crippen molar-refractivity contribution in [1.82, 2.24) is 10.6 Å². The predicted molar refractivity (Wildman–Crippen MR) is 478 cm³/mol. The minimum atomic E-state index is -5.58. The number of unbranched alkanes of at least 4 members (excludes halogenated alkanes) is 54. The average molecular weight is 1730 g/mol. The van der Waals surface area contributed by atoms with E-state index in [1.165, 1.54) is 173 Å². The summed E-state index contributed by atoms with van der Waals surface area (Å²) in [6, 6.07) is -3.37. The van der Waals surface area contributed by atoms with Gasteiger partial charge in [0.2, 0.25) is 11.8 Å². The van der Waals surface area contributed by atoms with Crippen molar-refractivity contribution < 1.29 is 101 Å². The number of ether oxygens (including phenoxy) is 7. The summed E-state index contributed by atoms with van der Waals surface area (Å²) in [4.78, 5) is 106. The van der Waals surface area contributed by atoms with Gasteiger partial charge in [-0.15, -0.1) is 0 Å². The minimum Gasteiger partial charge on any atom is -0.462 e. The molecule has 0 radical (unpaired) electrons. The van der Waals surface area contributed by atoms with Gasteiger partial charge in [0.25, 0.3) is 0 Å². The first-order valence-electron chi connectivity index (χ1n) is 49.9. The van der Waals surface area contributed by atoms with Crippen LogP contribution >= 0.6 is 7.82 Å². The van der Waals surface area contributed by atoms with Crippen LogP contribution in [0.1, 0.15) is 485 Å². The third-order valence-corrected chi connectivity index (χ3v) is 24.6. The number of carbonyl (C=O) groups excluding carboxylic acids is 6. The number of hydrogen-bond acceptors (Lipinski definition) is 19. The molecule has 24 heteroatoms. The van der Waals surface area contributed by atoms with E-state index >= 15 is 4.79 Å². The molecule has 0 aromatic carbocycles. The van der Waals surface area contributed by atoms with E-state index in [1.54, 1.807) is 0 Å². The molecule has 120 heavy (non-hydrogen) atoms. The van der Waals surface area contributed by atoms with Gasteiger partial charge in [-0.3, -0.25) is 33.3 Å². The van der Waals surface area contributed by atoms with Crippen molar-refractivity contribution in [3.05, 3.63) is 0 Å². The molecule has 0 spiro atoms. The first kappa shape index (κ1) is 113. The molecule has 13 atom stereocenters. The van der Waals surface area contributed by atoms with Crippen LogP contribution in [0.15, 0.2) is 0 Å². The fraction of sp³-hybridized carbons (Fsp3) is 0.938. The highest BCUT2D eigenvalue weighted by atomic mass is 31.2. The lowest BCUT2D eigenvalue weighted by Gasteiger charge is -2.46. The van der Waals surface area contributed by atoms with E-state index in [0.717, 1.165) is 173 Å². The summed E-state index contributed by atoms with van der Waals surface area (Å²) in [6.45, 7) is 11.4. The van der Waals surface area contributed by atoms with Gasteiger partial charge in [-0.2, -0.15) is 0 Å². The Bertz CT molecular complexity index is 2510. The summed E-state index contributed by atoms with van der Waals surface area (Å²) < 4.78 is 61.5. The molecule has 706 valence electrons. The Labute approximate surface area is 729 Å². The predicted octanol–water partition coefficient (Wildman–Crippen LogP) is 22.3. The number of nitrogens with one attached hydrogen (secondary N) is 2. The largest absolute Gasteiger partial charge is 0.470 e. The quantitative estimate of drug-likeness (QED) is 0.0121.